The monoisotopic (exact) mass is 210 g/mol. The van der Waals surface area contributed by atoms with Crippen molar-refractivity contribution in [2.24, 2.45) is 5.92 Å². The summed E-state index contributed by atoms with van der Waals surface area (Å²) in [4.78, 5) is 15.7. The lowest BCUT2D eigenvalue weighted by Crippen LogP contribution is -2.40. The fourth-order valence-corrected chi connectivity index (χ4v) is 2.69. The van der Waals surface area contributed by atoms with Gasteiger partial charge in [-0.2, -0.15) is 0 Å². The predicted molar refractivity (Wildman–Crippen MR) is 60.9 cm³/mol. The zero-order valence-corrected chi connectivity index (χ0v) is 9.53. The van der Waals surface area contributed by atoms with Gasteiger partial charge in [-0.05, 0) is 45.3 Å². The van der Waals surface area contributed by atoms with Gasteiger partial charge >= 0.3 is 0 Å². The molecule has 0 bridgehead atoms. The maximum Gasteiger partial charge on any atom is 0.124 e. The van der Waals surface area contributed by atoms with Crippen LogP contribution in [0.2, 0.25) is 0 Å². The Bertz CT molecular complexity index is 202. The van der Waals surface area contributed by atoms with Crippen LogP contribution in [0.5, 0.6) is 0 Å². The molecule has 2 saturated heterocycles. The summed E-state index contributed by atoms with van der Waals surface area (Å²) in [6, 6.07) is 0. The van der Waals surface area contributed by atoms with Crippen LogP contribution >= 0.6 is 0 Å². The highest BCUT2D eigenvalue weighted by molar-refractivity contribution is 5.53. The van der Waals surface area contributed by atoms with E-state index in [4.69, 9.17) is 0 Å². The molecule has 0 amide bonds. The average Bonchev–Trinajstić information content (AvgIpc) is 2.79. The maximum atomic E-state index is 10.7. The largest absolute Gasteiger partial charge is 0.303 e. The van der Waals surface area contributed by atoms with Gasteiger partial charge < -0.3 is 14.6 Å². The van der Waals surface area contributed by atoms with Crippen LogP contribution in [0.3, 0.4) is 0 Å². The second-order valence-corrected chi connectivity index (χ2v) is 4.89. The summed E-state index contributed by atoms with van der Waals surface area (Å²) in [5.74, 6) is 0.303. The molecule has 3 nitrogen and oxygen atoms in total. The summed E-state index contributed by atoms with van der Waals surface area (Å²) in [7, 11) is 0. The average molecular weight is 210 g/mol. The number of hydrogen-bond acceptors (Lipinski definition) is 3. The van der Waals surface area contributed by atoms with E-state index in [0.29, 0.717) is 5.92 Å². The van der Waals surface area contributed by atoms with E-state index in [1.807, 2.05) is 0 Å². The molecule has 86 valence electrons. The van der Waals surface area contributed by atoms with Gasteiger partial charge in [-0.15, -0.1) is 0 Å². The van der Waals surface area contributed by atoms with Gasteiger partial charge in [-0.3, -0.25) is 0 Å². The molecule has 3 heteroatoms. The van der Waals surface area contributed by atoms with Crippen LogP contribution in [-0.2, 0) is 4.79 Å². The van der Waals surface area contributed by atoms with Gasteiger partial charge in [0.25, 0.3) is 0 Å². The first-order valence-electron chi connectivity index (χ1n) is 6.28. The fourth-order valence-electron chi connectivity index (χ4n) is 2.69. The van der Waals surface area contributed by atoms with Crippen LogP contribution in [0.1, 0.15) is 25.7 Å². The molecule has 0 radical (unpaired) electrons. The maximum absolute atomic E-state index is 10.7. The molecule has 0 spiro atoms. The molecule has 1 unspecified atom stereocenters. The third-order valence-corrected chi connectivity index (χ3v) is 3.67. The van der Waals surface area contributed by atoms with Gasteiger partial charge in [0.1, 0.15) is 6.29 Å². The molecule has 0 aromatic rings. The Morgan fingerprint density at radius 3 is 2.40 bits per heavy atom. The van der Waals surface area contributed by atoms with Crippen molar-refractivity contribution in [3.8, 4) is 0 Å². The molecule has 2 aliphatic rings. The third kappa shape index (κ3) is 3.28. The minimum Gasteiger partial charge on any atom is -0.303 e. The molecular weight excluding hydrogens is 188 g/mol. The minimum atomic E-state index is 0.303. The van der Waals surface area contributed by atoms with Crippen molar-refractivity contribution in [3.05, 3.63) is 0 Å². The number of piperidine rings is 1. The van der Waals surface area contributed by atoms with Crippen molar-refractivity contribution in [3.63, 3.8) is 0 Å². The molecule has 2 aliphatic heterocycles. The van der Waals surface area contributed by atoms with Gasteiger partial charge in [-0.1, -0.05) is 0 Å². The normalized spacial score (nSPS) is 29.5. The summed E-state index contributed by atoms with van der Waals surface area (Å²) in [6.45, 7) is 7.11. The zero-order valence-electron chi connectivity index (χ0n) is 9.53. The third-order valence-electron chi connectivity index (χ3n) is 3.67. The summed E-state index contributed by atoms with van der Waals surface area (Å²) < 4.78 is 0. The van der Waals surface area contributed by atoms with E-state index in [9.17, 15) is 4.79 Å². The first-order valence-corrected chi connectivity index (χ1v) is 6.28. The number of hydrogen-bond donors (Lipinski definition) is 0. The number of nitrogens with zero attached hydrogens (tertiary/aromatic N) is 2. The second-order valence-electron chi connectivity index (χ2n) is 4.89. The SMILES string of the molecule is O=CC1CCCN(CCN2CCCC2)C1. The minimum absolute atomic E-state index is 0.303. The Morgan fingerprint density at radius 1 is 1.00 bits per heavy atom. The highest BCUT2D eigenvalue weighted by atomic mass is 16.1. The first kappa shape index (κ1) is 11.1. The van der Waals surface area contributed by atoms with Crippen LogP contribution in [0.15, 0.2) is 0 Å². The van der Waals surface area contributed by atoms with E-state index in [-0.39, 0.29) is 0 Å². The number of aldehydes is 1. The Kier molecular flexibility index (Phi) is 4.15. The topological polar surface area (TPSA) is 23.6 Å². The van der Waals surface area contributed by atoms with Crippen LogP contribution in [-0.4, -0.2) is 55.4 Å². The van der Waals surface area contributed by atoms with Crippen molar-refractivity contribution in [1.82, 2.24) is 9.80 Å². The molecule has 0 N–H and O–H groups in total. The van der Waals surface area contributed by atoms with Crippen molar-refractivity contribution >= 4 is 6.29 Å². The molecule has 0 aromatic carbocycles. The van der Waals surface area contributed by atoms with Gasteiger partial charge in [0.05, 0.1) is 0 Å². The van der Waals surface area contributed by atoms with Gasteiger partial charge in [0, 0.05) is 25.6 Å². The molecule has 0 aliphatic carbocycles. The molecule has 2 heterocycles. The summed E-state index contributed by atoms with van der Waals surface area (Å²) in [5, 5.41) is 0. The molecule has 2 rings (SSSR count). The van der Waals surface area contributed by atoms with Crippen molar-refractivity contribution in [1.29, 1.82) is 0 Å². The highest BCUT2D eigenvalue weighted by Gasteiger charge is 2.20. The Morgan fingerprint density at radius 2 is 1.67 bits per heavy atom. The van der Waals surface area contributed by atoms with E-state index >= 15 is 0 Å². The first-order chi connectivity index (χ1) is 7.38. The van der Waals surface area contributed by atoms with E-state index in [0.717, 1.165) is 25.8 Å². The predicted octanol–water partition coefficient (Wildman–Crippen LogP) is 0.993. The molecular formula is C12H22N2O. The fraction of sp³-hybridized carbons (Fsp3) is 0.917. The Hall–Kier alpha value is -0.410. The number of likely N-dealkylation sites (tertiary alicyclic amines) is 2. The Balaban J connectivity index is 1.67. The quantitative estimate of drug-likeness (QED) is 0.647. The second kappa shape index (κ2) is 5.61. The van der Waals surface area contributed by atoms with Crippen LogP contribution in [0.25, 0.3) is 0 Å². The molecule has 0 aromatic heterocycles. The van der Waals surface area contributed by atoms with Crippen molar-refractivity contribution in [2.45, 2.75) is 25.7 Å². The molecule has 2 fully saturated rings. The number of carbonyl (C=O) groups excluding carboxylic acids is 1. The van der Waals surface area contributed by atoms with Crippen molar-refractivity contribution < 1.29 is 4.79 Å². The van der Waals surface area contributed by atoms with E-state index < -0.39 is 0 Å². The Labute approximate surface area is 92.4 Å². The van der Waals surface area contributed by atoms with Gasteiger partial charge in [-0.25, -0.2) is 0 Å². The smallest absolute Gasteiger partial charge is 0.124 e. The molecule has 15 heavy (non-hydrogen) atoms. The summed E-state index contributed by atoms with van der Waals surface area (Å²) in [5.41, 5.74) is 0. The number of rotatable bonds is 4. The lowest BCUT2D eigenvalue weighted by atomic mass is 10.00. The summed E-state index contributed by atoms with van der Waals surface area (Å²) >= 11 is 0. The van der Waals surface area contributed by atoms with Crippen molar-refractivity contribution in [2.75, 3.05) is 39.3 Å². The van der Waals surface area contributed by atoms with E-state index in [2.05, 4.69) is 9.80 Å². The van der Waals surface area contributed by atoms with Gasteiger partial charge in [0.2, 0.25) is 0 Å². The number of carbonyl (C=O) groups is 1. The zero-order chi connectivity index (χ0) is 10.5. The molecule has 1 atom stereocenters. The lowest BCUT2D eigenvalue weighted by molar-refractivity contribution is -0.112. The molecule has 0 saturated carbocycles. The van der Waals surface area contributed by atoms with Crippen LogP contribution in [0.4, 0.5) is 0 Å². The van der Waals surface area contributed by atoms with E-state index in [1.54, 1.807) is 0 Å². The standard InChI is InChI=1S/C12H22N2O/c15-11-12-4-3-7-14(10-12)9-8-13-5-1-2-6-13/h11-12H,1-10H2. The lowest BCUT2D eigenvalue weighted by Gasteiger charge is -2.31. The van der Waals surface area contributed by atoms with Crippen LogP contribution < -0.4 is 0 Å². The summed E-state index contributed by atoms with van der Waals surface area (Å²) in [6.07, 6.45) is 6.18. The highest BCUT2D eigenvalue weighted by Crippen LogP contribution is 2.14. The van der Waals surface area contributed by atoms with Crippen LogP contribution in [0, 0.1) is 5.92 Å². The van der Waals surface area contributed by atoms with E-state index in [1.165, 1.54) is 45.4 Å². The van der Waals surface area contributed by atoms with Gasteiger partial charge in [0.15, 0.2) is 0 Å².